The van der Waals surface area contributed by atoms with Crippen molar-refractivity contribution < 1.29 is 4.74 Å². The molecule has 4 heteroatoms. The standard InChI is InChI=1S/C10H19N3O/c1-3-14-9-7-11-5-4-10-12-6-8-13(10)2/h6,8,11H,3-5,7,9H2,1-2H3. The molecule has 0 saturated carbocycles. The summed E-state index contributed by atoms with van der Waals surface area (Å²) in [5, 5.41) is 3.31. The van der Waals surface area contributed by atoms with Gasteiger partial charge < -0.3 is 14.6 Å². The van der Waals surface area contributed by atoms with Crippen molar-refractivity contribution in [1.29, 1.82) is 0 Å². The largest absolute Gasteiger partial charge is 0.380 e. The molecular formula is C10H19N3O. The Balaban J connectivity index is 2.02. The van der Waals surface area contributed by atoms with Crippen molar-refractivity contribution in [2.24, 2.45) is 7.05 Å². The molecule has 0 aromatic carbocycles. The van der Waals surface area contributed by atoms with Gasteiger partial charge in [-0.1, -0.05) is 0 Å². The lowest BCUT2D eigenvalue weighted by atomic mass is 10.4. The van der Waals surface area contributed by atoms with E-state index in [0.717, 1.165) is 38.5 Å². The van der Waals surface area contributed by atoms with Crippen LogP contribution in [0.4, 0.5) is 0 Å². The van der Waals surface area contributed by atoms with Crippen molar-refractivity contribution in [3.8, 4) is 0 Å². The summed E-state index contributed by atoms with van der Waals surface area (Å²) in [4.78, 5) is 4.24. The van der Waals surface area contributed by atoms with Crippen LogP contribution in [0, 0.1) is 0 Å². The molecule has 1 aromatic heterocycles. The average molecular weight is 197 g/mol. The Morgan fingerprint density at radius 3 is 3.00 bits per heavy atom. The number of nitrogens with zero attached hydrogens (tertiary/aromatic N) is 2. The van der Waals surface area contributed by atoms with Crippen LogP contribution in [0.25, 0.3) is 0 Å². The first-order chi connectivity index (χ1) is 6.84. The Labute approximate surface area is 85.3 Å². The van der Waals surface area contributed by atoms with E-state index in [9.17, 15) is 0 Å². The molecule has 0 atom stereocenters. The van der Waals surface area contributed by atoms with Crippen LogP contribution in [0.3, 0.4) is 0 Å². The Morgan fingerprint density at radius 2 is 2.36 bits per heavy atom. The van der Waals surface area contributed by atoms with Gasteiger partial charge in [0.05, 0.1) is 6.61 Å². The van der Waals surface area contributed by atoms with Gasteiger partial charge in [0, 0.05) is 45.6 Å². The van der Waals surface area contributed by atoms with Crippen molar-refractivity contribution in [2.75, 3.05) is 26.3 Å². The van der Waals surface area contributed by atoms with Crippen LogP contribution in [0.1, 0.15) is 12.7 Å². The van der Waals surface area contributed by atoms with Crippen molar-refractivity contribution in [2.45, 2.75) is 13.3 Å². The van der Waals surface area contributed by atoms with Crippen LogP contribution in [-0.4, -0.2) is 35.9 Å². The van der Waals surface area contributed by atoms with E-state index in [1.807, 2.05) is 30.9 Å². The normalized spacial score (nSPS) is 10.7. The highest BCUT2D eigenvalue weighted by molar-refractivity contribution is 4.91. The maximum Gasteiger partial charge on any atom is 0.109 e. The van der Waals surface area contributed by atoms with E-state index in [1.165, 1.54) is 0 Å². The van der Waals surface area contributed by atoms with E-state index >= 15 is 0 Å². The van der Waals surface area contributed by atoms with E-state index in [0.29, 0.717) is 0 Å². The molecule has 0 fully saturated rings. The SMILES string of the molecule is CCOCCNCCc1nccn1C. The van der Waals surface area contributed by atoms with Gasteiger partial charge in [0.25, 0.3) is 0 Å². The fraction of sp³-hybridized carbons (Fsp3) is 0.700. The second-order valence-electron chi connectivity index (χ2n) is 3.15. The van der Waals surface area contributed by atoms with Crippen LogP contribution in [0.5, 0.6) is 0 Å². The van der Waals surface area contributed by atoms with Gasteiger partial charge in [-0.15, -0.1) is 0 Å². The molecular weight excluding hydrogens is 178 g/mol. The maximum absolute atomic E-state index is 5.21. The number of rotatable bonds is 7. The first-order valence-corrected chi connectivity index (χ1v) is 5.09. The summed E-state index contributed by atoms with van der Waals surface area (Å²) < 4.78 is 7.26. The van der Waals surface area contributed by atoms with Crippen molar-refractivity contribution in [3.63, 3.8) is 0 Å². The summed E-state index contributed by atoms with van der Waals surface area (Å²) in [5.41, 5.74) is 0. The van der Waals surface area contributed by atoms with Crippen molar-refractivity contribution in [3.05, 3.63) is 18.2 Å². The second-order valence-corrected chi connectivity index (χ2v) is 3.15. The van der Waals surface area contributed by atoms with Crippen LogP contribution >= 0.6 is 0 Å². The number of hydrogen-bond acceptors (Lipinski definition) is 3. The van der Waals surface area contributed by atoms with E-state index in [-0.39, 0.29) is 0 Å². The summed E-state index contributed by atoms with van der Waals surface area (Å²) in [6, 6.07) is 0. The molecule has 0 aliphatic carbocycles. The van der Waals surface area contributed by atoms with Crippen molar-refractivity contribution >= 4 is 0 Å². The zero-order valence-electron chi connectivity index (χ0n) is 8.99. The molecule has 14 heavy (non-hydrogen) atoms. The van der Waals surface area contributed by atoms with E-state index in [4.69, 9.17) is 4.74 Å². The van der Waals surface area contributed by atoms with Gasteiger partial charge in [0.15, 0.2) is 0 Å². The summed E-state index contributed by atoms with van der Waals surface area (Å²) in [5.74, 6) is 1.12. The molecule has 0 amide bonds. The minimum absolute atomic E-state index is 0.789. The molecule has 0 bridgehead atoms. The smallest absolute Gasteiger partial charge is 0.109 e. The zero-order valence-corrected chi connectivity index (χ0v) is 8.99. The maximum atomic E-state index is 5.21. The fourth-order valence-corrected chi connectivity index (χ4v) is 1.25. The lowest BCUT2D eigenvalue weighted by Gasteiger charge is -2.04. The number of aromatic nitrogens is 2. The fourth-order valence-electron chi connectivity index (χ4n) is 1.25. The quantitative estimate of drug-likeness (QED) is 0.650. The topological polar surface area (TPSA) is 39.1 Å². The summed E-state index contributed by atoms with van der Waals surface area (Å²) in [6.45, 7) is 5.46. The highest BCUT2D eigenvalue weighted by atomic mass is 16.5. The summed E-state index contributed by atoms with van der Waals surface area (Å²) in [7, 11) is 2.02. The number of hydrogen-bond donors (Lipinski definition) is 1. The highest BCUT2D eigenvalue weighted by Crippen LogP contribution is 1.93. The monoisotopic (exact) mass is 197 g/mol. The van der Waals surface area contributed by atoms with Gasteiger partial charge in [-0.3, -0.25) is 0 Å². The van der Waals surface area contributed by atoms with E-state index in [1.54, 1.807) is 0 Å². The Bertz CT molecular complexity index is 247. The second kappa shape index (κ2) is 6.56. The van der Waals surface area contributed by atoms with Crippen LogP contribution < -0.4 is 5.32 Å². The van der Waals surface area contributed by atoms with Crippen LogP contribution in [-0.2, 0) is 18.2 Å². The molecule has 0 saturated heterocycles. The number of nitrogens with one attached hydrogen (secondary N) is 1. The minimum Gasteiger partial charge on any atom is -0.380 e. The summed E-state index contributed by atoms with van der Waals surface area (Å²) >= 11 is 0. The third kappa shape index (κ3) is 3.89. The third-order valence-corrected chi connectivity index (χ3v) is 2.07. The summed E-state index contributed by atoms with van der Waals surface area (Å²) in [6.07, 6.45) is 4.76. The lowest BCUT2D eigenvalue weighted by Crippen LogP contribution is -2.23. The molecule has 0 aliphatic rings. The molecule has 0 spiro atoms. The molecule has 1 heterocycles. The van der Waals surface area contributed by atoms with Crippen LogP contribution in [0.15, 0.2) is 12.4 Å². The molecule has 1 N–H and O–H groups in total. The Kier molecular flexibility index (Phi) is 5.25. The minimum atomic E-state index is 0.789. The number of imidazole rings is 1. The first kappa shape index (κ1) is 11.2. The molecule has 4 nitrogen and oxygen atoms in total. The van der Waals surface area contributed by atoms with Gasteiger partial charge >= 0.3 is 0 Å². The average Bonchev–Trinajstić information content (AvgIpc) is 2.58. The van der Waals surface area contributed by atoms with Crippen LogP contribution in [0.2, 0.25) is 0 Å². The van der Waals surface area contributed by atoms with Gasteiger partial charge in [0.1, 0.15) is 5.82 Å². The van der Waals surface area contributed by atoms with Crippen molar-refractivity contribution in [1.82, 2.24) is 14.9 Å². The third-order valence-electron chi connectivity index (χ3n) is 2.07. The molecule has 80 valence electrons. The molecule has 1 aromatic rings. The van der Waals surface area contributed by atoms with Gasteiger partial charge in [0.2, 0.25) is 0 Å². The number of ether oxygens (including phenoxy) is 1. The van der Waals surface area contributed by atoms with Gasteiger partial charge in [-0.05, 0) is 6.92 Å². The van der Waals surface area contributed by atoms with Gasteiger partial charge in [-0.25, -0.2) is 4.98 Å². The lowest BCUT2D eigenvalue weighted by molar-refractivity contribution is 0.149. The molecule has 0 aliphatic heterocycles. The zero-order chi connectivity index (χ0) is 10.2. The molecule has 0 unspecified atom stereocenters. The predicted octanol–water partition coefficient (Wildman–Crippen LogP) is 0.589. The number of aryl methyl sites for hydroxylation is 1. The first-order valence-electron chi connectivity index (χ1n) is 5.09. The Morgan fingerprint density at radius 1 is 1.50 bits per heavy atom. The predicted molar refractivity (Wildman–Crippen MR) is 56.3 cm³/mol. The molecule has 0 radical (unpaired) electrons. The van der Waals surface area contributed by atoms with Gasteiger partial charge in [-0.2, -0.15) is 0 Å². The molecule has 1 rings (SSSR count). The Hall–Kier alpha value is -0.870. The van der Waals surface area contributed by atoms with E-state index < -0.39 is 0 Å². The highest BCUT2D eigenvalue weighted by Gasteiger charge is 1.97. The van der Waals surface area contributed by atoms with E-state index in [2.05, 4.69) is 10.3 Å².